The number of hydrogen-bond donors (Lipinski definition) is 0. The molecule has 0 aromatic rings. The topological polar surface area (TPSA) is 78.9 Å². The number of carbonyl (C=O) groups excluding carboxylic acids is 3. The molecule has 0 aliphatic heterocycles. The monoisotopic (exact) mass is 1130 g/mol. The number of carbonyl (C=O) groups is 3. The standard InChI is InChI=1S/C76H122O6/c1-4-7-10-13-16-19-22-25-28-31-33-34-35-36-37-38-39-40-41-42-44-45-48-51-54-57-60-63-66-69-75(78)81-72-73(71-80-74(77)68-65-62-59-56-53-50-47-30-27-24-21-18-15-12-9-6-3)82-76(79)70-67-64-61-58-55-52-49-46-43-32-29-26-23-20-17-14-11-8-5-2/h7,10,16-17,19-20,25-26,28-30,33-34,36-37,39-40,42-44,46-48,51,57,60,73H,4-6,8-9,11-15,18,21-24,27,31-32,35,38,41,45,49-50,52-56,58-59,61-72H2,1-3H3/b10-7-,19-16-,20-17-,28-25-,29-26-,34-33-,37-36-,40-39-,44-42-,46-43-,47-30-,51-48-,60-57-. The molecule has 0 aromatic carbocycles. The fourth-order valence-electron chi connectivity index (χ4n) is 8.74. The van der Waals surface area contributed by atoms with E-state index in [1.807, 2.05) is 0 Å². The Hall–Kier alpha value is -4.97. The molecule has 1 atom stereocenters. The molecule has 462 valence electrons. The van der Waals surface area contributed by atoms with Gasteiger partial charge in [-0.3, -0.25) is 14.4 Å². The van der Waals surface area contributed by atoms with Crippen LogP contribution in [-0.4, -0.2) is 37.2 Å². The first-order chi connectivity index (χ1) is 40.5. The summed E-state index contributed by atoms with van der Waals surface area (Å²) >= 11 is 0. The Bertz CT molecular complexity index is 1830. The van der Waals surface area contributed by atoms with Gasteiger partial charge in [0, 0.05) is 19.3 Å². The van der Waals surface area contributed by atoms with Gasteiger partial charge in [0.1, 0.15) is 13.2 Å². The van der Waals surface area contributed by atoms with Crippen molar-refractivity contribution in [2.75, 3.05) is 13.2 Å². The summed E-state index contributed by atoms with van der Waals surface area (Å²) < 4.78 is 16.9. The van der Waals surface area contributed by atoms with Crippen molar-refractivity contribution in [3.8, 4) is 0 Å². The molecule has 0 radical (unpaired) electrons. The highest BCUT2D eigenvalue weighted by Crippen LogP contribution is 2.14. The summed E-state index contributed by atoms with van der Waals surface area (Å²) in [6.45, 7) is 6.44. The molecular weight excluding hydrogens is 1010 g/mol. The van der Waals surface area contributed by atoms with Crippen LogP contribution in [0.2, 0.25) is 0 Å². The summed E-state index contributed by atoms with van der Waals surface area (Å²) in [6.07, 6.45) is 99.6. The number of esters is 3. The second-order valence-electron chi connectivity index (χ2n) is 21.6. The van der Waals surface area contributed by atoms with Crippen LogP contribution in [0, 0.1) is 0 Å². The summed E-state index contributed by atoms with van der Waals surface area (Å²) in [6, 6.07) is 0. The van der Waals surface area contributed by atoms with Crippen molar-refractivity contribution in [2.45, 2.75) is 290 Å². The summed E-state index contributed by atoms with van der Waals surface area (Å²) in [4.78, 5) is 38.4. The Balaban J connectivity index is 4.51. The average Bonchev–Trinajstić information content (AvgIpc) is 3.47. The van der Waals surface area contributed by atoms with Gasteiger partial charge in [0.05, 0.1) is 0 Å². The van der Waals surface area contributed by atoms with E-state index < -0.39 is 6.10 Å². The Morgan fingerprint density at radius 2 is 0.488 bits per heavy atom. The zero-order chi connectivity index (χ0) is 59.2. The number of hydrogen-bond acceptors (Lipinski definition) is 6. The SMILES string of the molecule is CC/C=C\C/C=C\C/C=C\C/C=C\C/C=C\C/C=C\C/C=C\C/C=C\C/C=C\CCCC(=O)OCC(COC(=O)CCCCCCC/C=C\CCCCCCCCC)OC(=O)CCCCCCCC/C=C\C/C=C\C/C=C\CCCCC. The van der Waals surface area contributed by atoms with Gasteiger partial charge in [0.15, 0.2) is 6.10 Å². The lowest BCUT2D eigenvalue weighted by Gasteiger charge is -2.18. The summed E-state index contributed by atoms with van der Waals surface area (Å²) in [5.41, 5.74) is 0. The summed E-state index contributed by atoms with van der Waals surface area (Å²) in [5, 5.41) is 0. The minimum Gasteiger partial charge on any atom is -0.462 e. The summed E-state index contributed by atoms with van der Waals surface area (Å²) in [7, 11) is 0. The van der Waals surface area contributed by atoms with E-state index in [2.05, 4.69) is 179 Å². The molecule has 0 amide bonds. The molecule has 0 aliphatic rings. The Morgan fingerprint density at radius 1 is 0.256 bits per heavy atom. The molecule has 0 N–H and O–H groups in total. The molecule has 0 fully saturated rings. The predicted molar refractivity (Wildman–Crippen MR) is 357 cm³/mol. The fourth-order valence-corrected chi connectivity index (χ4v) is 8.74. The lowest BCUT2D eigenvalue weighted by atomic mass is 10.1. The molecular formula is C76H122O6. The van der Waals surface area contributed by atoms with E-state index >= 15 is 0 Å². The molecule has 0 aromatic heterocycles. The van der Waals surface area contributed by atoms with E-state index in [1.165, 1.54) is 96.3 Å². The molecule has 0 saturated carbocycles. The van der Waals surface area contributed by atoms with Crippen molar-refractivity contribution in [3.63, 3.8) is 0 Å². The molecule has 0 rings (SSSR count). The van der Waals surface area contributed by atoms with E-state index in [4.69, 9.17) is 14.2 Å². The Kier molecular flexibility index (Phi) is 64.4. The van der Waals surface area contributed by atoms with Crippen LogP contribution in [0.1, 0.15) is 284 Å². The maximum atomic E-state index is 12.9. The van der Waals surface area contributed by atoms with Gasteiger partial charge >= 0.3 is 17.9 Å². The largest absolute Gasteiger partial charge is 0.462 e. The van der Waals surface area contributed by atoms with Crippen molar-refractivity contribution in [1.29, 1.82) is 0 Å². The van der Waals surface area contributed by atoms with Gasteiger partial charge in [-0.05, 0) is 148 Å². The van der Waals surface area contributed by atoms with Gasteiger partial charge in [0.2, 0.25) is 0 Å². The smallest absolute Gasteiger partial charge is 0.306 e. The first-order valence-corrected chi connectivity index (χ1v) is 33.5. The highest BCUT2D eigenvalue weighted by atomic mass is 16.6. The molecule has 0 heterocycles. The van der Waals surface area contributed by atoms with Crippen LogP contribution in [-0.2, 0) is 28.6 Å². The minimum atomic E-state index is -0.821. The molecule has 6 heteroatoms. The van der Waals surface area contributed by atoms with E-state index in [9.17, 15) is 14.4 Å². The minimum absolute atomic E-state index is 0.111. The lowest BCUT2D eigenvalue weighted by Crippen LogP contribution is -2.30. The second kappa shape index (κ2) is 68.5. The van der Waals surface area contributed by atoms with Crippen molar-refractivity contribution in [2.24, 2.45) is 0 Å². The zero-order valence-electron chi connectivity index (χ0n) is 52.9. The first kappa shape index (κ1) is 77.0. The van der Waals surface area contributed by atoms with Gasteiger partial charge in [-0.2, -0.15) is 0 Å². The molecule has 0 bridgehead atoms. The Labute approximate surface area is 505 Å². The number of ether oxygens (including phenoxy) is 3. The molecule has 6 nitrogen and oxygen atoms in total. The normalized spacial score (nSPS) is 13.2. The molecule has 0 spiro atoms. The van der Waals surface area contributed by atoms with Crippen molar-refractivity contribution < 1.29 is 28.6 Å². The molecule has 0 aliphatic carbocycles. The molecule has 1 unspecified atom stereocenters. The van der Waals surface area contributed by atoms with Crippen LogP contribution in [0.4, 0.5) is 0 Å². The van der Waals surface area contributed by atoms with Crippen molar-refractivity contribution >= 4 is 17.9 Å². The Morgan fingerprint density at radius 3 is 0.829 bits per heavy atom. The molecule has 82 heavy (non-hydrogen) atoms. The van der Waals surface area contributed by atoms with E-state index in [0.717, 1.165) is 141 Å². The predicted octanol–water partition coefficient (Wildman–Crippen LogP) is 23.3. The highest BCUT2D eigenvalue weighted by molar-refractivity contribution is 5.71. The third kappa shape index (κ3) is 65.8. The van der Waals surface area contributed by atoms with E-state index in [1.54, 1.807) is 0 Å². The van der Waals surface area contributed by atoms with Gasteiger partial charge < -0.3 is 14.2 Å². The van der Waals surface area contributed by atoms with E-state index in [-0.39, 0.29) is 37.5 Å². The fraction of sp³-hybridized carbons (Fsp3) is 0.618. The zero-order valence-corrected chi connectivity index (χ0v) is 52.9. The van der Waals surface area contributed by atoms with Crippen LogP contribution in [0.25, 0.3) is 0 Å². The lowest BCUT2D eigenvalue weighted by molar-refractivity contribution is -0.167. The third-order valence-electron chi connectivity index (χ3n) is 13.7. The van der Waals surface area contributed by atoms with Crippen molar-refractivity contribution in [3.05, 3.63) is 158 Å². The van der Waals surface area contributed by atoms with Crippen LogP contribution in [0.15, 0.2) is 158 Å². The third-order valence-corrected chi connectivity index (χ3v) is 13.7. The van der Waals surface area contributed by atoms with Crippen molar-refractivity contribution in [1.82, 2.24) is 0 Å². The average molecular weight is 1130 g/mol. The number of rotatable bonds is 59. The van der Waals surface area contributed by atoms with Crippen LogP contribution >= 0.6 is 0 Å². The number of allylic oxidation sites excluding steroid dienone is 26. The van der Waals surface area contributed by atoms with Gasteiger partial charge in [-0.15, -0.1) is 0 Å². The van der Waals surface area contributed by atoms with Gasteiger partial charge in [-0.1, -0.05) is 275 Å². The van der Waals surface area contributed by atoms with Crippen LogP contribution in [0.3, 0.4) is 0 Å². The van der Waals surface area contributed by atoms with E-state index in [0.29, 0.717) is 19.3 Å². The van der Waals surface area contributed by atoms with Gasteiger partial charge in [0.25, 0.3) is 0 Å². The summed E-state index contributed by atoms with van der Waals surface area (Å²) in [5.74, 6) is -0.994. The van der Waals surface area contributed by atoms with Gasteiger partial charge in [-0.25, -0.2) is 0 Å². The second-order valence-corrected chi connectivity index (χ2v) is 21.6. The quantitative estimate of drug-likeness (QED) is 0.0261. The maximum absolute atomic E-state index is 12.9. The highest BCUT2D eigenvalue weighted by Gasteiger charge is 2.19. The number of unbranched alkanes of at least 4 members (excludes halogenated alkanes) is 22. The molecule has 0 saturated heterocycles. The maximum Gasteiger partial charge on any atom is 0.306 e. The van der Waals surface area contributed by atoms with Crippen LogP contribution < -0.4 is 0 Å². The van der Waals surface area contributed by atoms with Crippen LogP contribution in [0.5, 0.6) is 0 Å². The first-order valence-electron chi connectivity index (χ1n) is 33.5.